The zero-order valence-corrected chi connectivity index (χ0v) is 8.37. The van der Waals surface area contributed by atoms with Crippen molar-refractivity contribution in [1.82, 2.24) is 0 Å². The smallest absolute Gasteiger partial charge is 0.0981 e. The van der Waals surface area contributed by atoms with Gasteiger partial charge in [-0.2, -0.15) is 0 Å². The highest BCUT2D eigenvalue weighted by Gasteiger charge is 2.06. The number of aryl methyl sites for hydroxylation is 1. The first kappa shape index (κ1) is 8.88. The molecule has 2 nitrogen and oxygen atoms in total. The number of hydrogen-bond acceptors (Lipinski definition) is 2. The van der Waals surface area contributed by atoms with Crippen molar-refractivity contribution < 1.29 is 4.42 Å². The van der Waals surface area contributed by atoms with Gasteiger partial charge in [-0.05, 0) is 48.7 Å². The highest BCUT2D eigenvalue weighted by molar-refractivity contribution is 5.71. The van der Waals surface area contributed by atoms with E-state index in [0.717, 1.165) is 16.8 Å². The molecule has 1 aromatic heterocycles. The molecule has 0 fully saturated rings. The first-order valence-corrected chi connectivity index (χ1v) is 4.58. The average molecular weight is 187 g/mol. The summed E-state index contributed by atoms with van der Waals surface area (Å²) in [5, 5.41) is 0. The van der Waals surface area contributed by atoms with Crippen molar-refractivity contribution >= 4 is 5.69 Å². The average Bonchev–Trinajstić information content (AvgIpc) is 2.63. The maximum absolute atomic E-state index is 5.80. The molecule has 2 N–H and O–H groups in total. The van der Waals surface area contributed by atoms with Crippen LogP contribution in [0.5, 0.6) is 0 Å². The summed E-state index contributed by atoms with van der Waals surface area (Å²) in [5.41, 5.74) is 11.3. The molecule has 0 bridgehead atoms. The van der Waals surface area contributed by atoms with Crippen molar-refractivity contribution in [3.05, 3.63) is 41.9 Å². The molecule has 0 atom stereocenters. The summed E-state index contributed by atoms with van der Waals surface area (Å²) in [4.78, 5) is 0. The summed E-state index contributed by atoms with van der Waals surface area (Å²) in [6.07, 6.45) is 3.41. The molecule has 0 aliphatic rings. The van der Waals surface area contributed by atoms with Gasteiger partial charge < -0.3 is 10.2 Å². The lowest BCUT2D eigenvalue weighted by molar-refractivity contribution is 0.568. The second kappa shape index (κ2) is 3.22. The highest BCUT2D eigenvalue weighted by Crippen LogP contribution is 2.28. The number of anilines is 1. The van der Waals surface area contributed by atoms with E-state index in [1.54, 1.807) is 12.5 Å². The summed E-state index contributed by atoms with van der Waals surface area (Å²) in [5.74, 6) is 0. The van der Waals surface area contributed by atoms with Crippen molar-refractivity contribution in [3.8, 4) is 11.1 Å². The quantitative estimate of drug-likeness (QED) is 0.696. The van der Waals surface area contributed by atoms with E-state index < -0.39 is 0 Å². The van der Waals surface area contributed by atoms with E-state index in [-0.39, 0.29) is 0 Å². The zero-order chi connectivity index (χ0) is 10.1. The van der Waals surface area contributed by atoms with Crippen molar-refractivity contribution in [3.63, 3.8) is 0 Å². The molecule has 2 heteroatoms. The van der Waals surface area contributed by atoms with Crippen LogP contribution in [0.15, 0.2) is 35.1 Å². The van der Waals surface area contributed by atoms with Crippen LogP contribution in [-0.4, -0.2) is 0 Å². The van der Waals surface area contributed by atoms with Crippen LogP contribution in [0.2, 0.25) is 0 Å². The Morgan fingerprint density at radius 3 is 2.64 bits per heavy atom. The van der Waals surface area contributed by atoms with Crippen molar-refractivity contribution in [2.24, 2.45) is 0 Å². The molecule has 0 aliphatic carbocycles. The molecular weight excluding hydrogens is 174 g/mol. The number of hydrogen-bond donors (Lipinski definition) is 1. The molecule has 1 heterocycles. The number of nitrogens with two attached hydrogens (primary N) is 1. The molecule has 1 aromatic carbocycles. The minimum absolute atomic E-state index is 0.796. The van der Waals surface area contributed by atoms with Crippen LogP contribution in [0.1, 0.15) is 11.1 Å². The fraction of sp³-hybridized carbons (Fsp3) is 0.167. The fourth-order valence-corrected chi connectivity index (χ4v) is 1.60. The zero-order valence-electron chi connectivity index (χ0n) is 8.37. The highest BCUT2D eigenvalue weighted by atomic mass is 16.3. The van der Waals surface area contributed by atoms with Crippen molar-refractivity contribution in [2.45, 2.75) is 13.8 Å². The molecule has 0 radical (unpaired) electrons. The van der Waals surface area contributed by atoms with Gasteiger partial charge in [-0.15, -0.1) is 0 Å². The lowest BCUT2D eigenvalue weighted by Gasteiger charge is -2.08. The summed E-state index contributed by atoms with van der Waals surface area (Å²) in [6, 6.07) is 5.91. The lowest BCUT2D eigenvalue weighted by atomic mass is 9.98. The third-order valence-corrected chi connectivity index (χ3v) is 2.52. The number of furan rings is 1. The van der Waals surface area contributed by atoms with Crippen LogP contribution in [-0.2, 0) is 0 Å². The van der Waals surface area contributed by atoms with Gasteiger partial charge in [0.15, 0.2) is 0 Å². The number of nitrogen functional groups attached to an aromatic ring is 1. The fourth-order valence-electron chi connectivity index (χ4n) is 1.60. The molecule has 14 heavy (non-hydrogen) atoms. The molecule has 0 aliphatic heterocycles. The first-order valence-electron chi connectivity index (χ1n) is 4.58. The topological polar surface area (TPSA) is 39.2 Å². The summed E-state index contributed by atoms with van der Waals surface area (Å²) < 4.78 is 5.06. The predicted octanol–water partition coefficient (Wildman–Crippen LogP) is 3.15. The van der Waals surface area contributed by atoms with Crippen molar-refractivity contribution in [2.75, 3.05) is 5.73 Å². The van der Waals surface area contributed by atoms with Gasteiger partial charge >= 0.3 is 0 Å². The van der Waals surface area contributed by atoms with Crippen LogP contribution in [0.3, 0.4) is 0 Å². The molecule has 0 saturated heterocycles. The normalized spacial score (nSPS) is 10.4. The second-order valence-electron chi connectivity index (χ2n) is 3.52. The molecule has 2 aromatic rings. The number of rotatable bonds is 1. The van der Waals surface area contributed by atoms with Gasteiger partial charge in [0.25, 0.3) is 0 Å². The Morgan fingerprint density at radius 2 is 2.00 bits per heavy atom. The summed E-state index contributed by atoms with van der Waals surface area (Å²) in [7, 11) is 0. The Hall–Kier alpha value is -1.70. The van der Waals surface area contributed by atoms with E-state index in [0.29, 0.717) is 0 Å². The van der Waals surface area contributed by atoms with E-state index in [1.165, 1.54) is 11.1 Å². The Morgan fingerprint density at radius 1 is 1.21 bits per heavy atom. The standard InChI is InChI=1S/C12H13NO/c1-8-5-11(13)6-12(9(8)2)10-3-4-14-7-10/h3-7H,13H2,1-2H3. The van der Waals surface area contributed by atoms with E-state index in [2.05, 4.69) is 13.8 Å². The predicted molar refractivity (Wildman–Crippen MR) is 58.0 cm³/mol. The molecule has 2 rings (SSSR count). The van der Waals surface area contributed by atoms with Gasteiger partial charge in [0.1, 0.15) is 0 Å². The van der Waals surface area contributed by atoms with E-state index in [1.807, 2.05) is 18.2 Å². The minimum atomic E-state index is 0.796. The van der Waals surface area contributed by atoms with Crippen LogP contribution in [0.4, 0.5) is 5.69 Å². The van der Waals surface area contributed by atoms with Crippen LogP contribution >= 0.6 is 0 Å². The van der Waals surface area contributed by atoms with Gasteiger partial charge in [0, 0.05) is 11.3 Å². The van der Waals surface area contributed by atoms with E-state index in [4.69, 9.17) is 10.2 Å². The van der Waals surface area contributed by atoms with Gasteiger partial charge in [-0.25, -0.2) is 0 Å². The summed E-state index contributed by atoms with van der Waals surface area (Å²) in [6.45, 7) is 4.16. The molecule has 0 saturated carbocycles. The Bertz CT molecular complexity index is 444. The van der Waals surface area contributed by atoms with Crippen molar-refractivity contribution in [1.29, 1.82) is 0 Å². The van der Waals surface area contributed by atoms with E-state index >= 15 is 0 Å². The maximum atomic E-state index is 5.80. The first-order chi connectivity index (χ1) is 6.68. The third-order valence-electron chi connectivity index (χ3n) is 2.52. The molecule has 0 spiro atoms. The molecular formula is C12H13NO. The van der Waals surface area contributed by atoms with Gasteiger partial charge in [0.2, 0.25) is 0 Å². The van der Waals surface area contributed by atoms with E-state index in [9.17, 15) is 0 Å². The van der Waals surface area contributed by atoms with Gasteiger partial charge in [-0.3, -0.25) is 0 Å². The second-order valence-corrected chi connectivity index (χ2v) is 3.52. The third kappa shape index (κ3) is 1.39. The Balaban J connectivity index is 2.64. The Kier molecular flexibility index (Phi) is 2.04. The maximum Gasteiger partial charge on any atom is 0.0981 e. The van der Waals surface area contributed by atoms with Crippen LogP contribution < -0.4 is 5.73 Å². The summed E-state index contributed by atoms with van der Waals surface area (Å²) >= 11 is 0. The van der Waals surface area contributed by atoms with Gasteiger partial charge in [0.05, 0.1) is 12.5 Å². The monoisotopic (exact) mass is 187 g/mol. The Labute approximate surface area is 83.4 Å². The van der Waals surface area contributed by atoms with Crippen LogP contribution in [0.25, 0.3) is 11.1 Å². The number of benzene rings is 1. The van der Waals surface area contributed by atoms with Gasteiger partial charge in [-0.1, -0.05) is 0 Å². The largest absolute Gasteiger partial charge is 0.472 e. The molecule has 0 amide bonds. The molecule has 0 unspecified atom stereocenters. The minimum Gasteiger partial charge on any atom is -0.472 e. The van der Waals surface area contributed by atoms with Crippen LogP contribution in [0, 0.1) is 13.8 Å². The SMILES string of the molecule is Cc1cc(N)cc(-c2ccoc2)c1C. The molecule has 72 valence electrons. The lowest BCUT2D eigenvalue weighted by Crippen LogP contribution is -1.91.